The van der Waals surface area contributed by atoms with Crippen molar-refractivity contribution in [3.05, 3.63) is 70.4 Å². The van der Waals surface area contributed by atoms with Gasteiger partial charge >= 0.3 is 5.97 Å². The van der Waals surface area contributed by atoms with Gasteiger partial charge in [0.05, 0.1) is 10.5 Å². The smallest absolute Gasteiger partial charge is 0.343 e. The van der Waals surface area contributed by atoms with Crippen molar-refractivity contribution in [2.45, 2.75) is 0 Å². The highest BCUT2D eigenvalue weighted by molar-refractivity contribution is 8.18. The number of aliphatic imine (C=N–C) groups is 1. The van der Waals surface area contributed by atoms with Crippen molar-refractivity contribution in [1.82, 2.24) is 0 Å². The summed E-state index contributed by atoms with van der Waals surface area (Å²) < 4.78 is 18.4. The summed E-state index contributed by atoms with van der Waals surface area (Å²) in [6.07, 6.45) is 1.61. The predicted molar refractivity (Wildman–Crippen MR) is 90.0 cm³/mol. The molecule has 0 spiro atoms. The molecule has 120 valence electrons. The van der Waals surface area contributed by atoms with Crippen LogP contribution in [0.25, 0.3) is 6.08 Å². The van der Waals surface area contributed by atoms with Crippen LogP contribution in [0.15, 0.2) is 58.4 Å². The van der Waals surface area contributed by atoms with Crippen molar-refractivity contribution in [3.63, 3.8) is 0 Å². The Hall–Kier alpha value is -2.93. The summed E-state index contributed by atoms with van der Waals surface area (Å²) >= 11 is 1.08. The van der Waals surface area contributed by atoms with Gasteiger partial charge in [-0.25, -0.2) is 9.18 Å². The van der Waals surface area contributed by atoms with E-state index in [4.69, 9.17) is 10.5 Å². The molecule has 0 atom stereocenters. The van der Waals surface area contributed by atoms with Gasteiger partial charge in [-0.2, -0.15) is 4.99 Å². The molecule has 1 aliphatic rings. The number of esters is 1. The summed E-state index contributed by atoms with van der Waals surface area (Å²) in [4.78, 5) is 27.6. The third-order valence-electron chi connectivity index (χ3n) is 3.06. The van der Waals surface area contributed by atoms with Gasteiger partial charge in [0, 0.05) is 0 Å². The lowest BCUT2D eigenvalue weighted by Gasteiger charge is -2.05. The van der Waals surface area contributed by atoms with Gasteiger partial charge in [0.1, 0.15) is 11.6 Å². The lowest BCUT2D eigenvalue weighted by Crippen LogP contribution is -2.08. The highest BCUT2D eigenvalue weighted by Crippen LogP contribution is 2.27. The number of carbonyl (C=O) groups is 2. The molecule has 0 aromatic heterocycles. The largest absolute Gasteiger partial charge is 0.423 e. The van der Waals surface area contributed by atoms with E-state index in [0.717, 1.165) is 17.8 Å². The SMILES string of the molecule is NC1=NC(=O)/C(=C\c2cccc(OC(=O)c3cccc(F)c3)c2)S1. The standard InChI is InChI=1S/C17H11FN2O3S/c18-12-5-2-4-11(9-12)16(22)23-13-6-1-3-10(7-13)8-14-15(21)20-17(19)24-14/h1-9H,(H2,19,20,21)/b14-8+. The fraction of sp³-hybridized carbons (Fsp3) is 0. The number of halogens is 1. The van der Waals surface area contributed by atoms with Crippen molar-refractivity contribution < 1.29 is 18.7 Å². The van der Waals surface area contributed by atoms with Gasteiger partial charge in [-0.3, -0.25) is 4.79 Å². The number of rotatable bonds is 3. The fourth-order valence-electron chi connectivity index (χ4n) is 2.03. The quantitative estimate of drug-likeness (QED) is 0.527. The number of thioether (sulfide) groups is 1. The number of hydrogen-bond donors (Lipinski definition) is 1. The molecule has 0 saturated carbocycles. The maximum absolute atomic E-state index is 13.2. The summed E-state index contributed by atoms with van der Waals surface area (Å²) in [5.41, 5.74) is 6.26. The average Bonchev–Trinajstić information content (AvgIpc) is 2.85. The Balaban J connectivity index is 1.78. The van der Waals surface area contributed by atoms with Crippen LogP contribution in [0, 0.1) is 5.82 Å². The van der Waals surface area contributed by atoms with Crippen LogP contribution in [0.1, 0.15) is 15.9 Å². The lowest BCUT2D eigenvalue weighted by molar-refractivity contribution is -0.113. The van der Waals surface area contributed by atoms with Crippen LogP contribution < -0.4 is 10.5 Å². The van der Waals surface area contributed by atoms with Crippen molar-refractivity contribution in [3.8, 4) is 5.75 Å². The van der Waals surface area contributed by atoms with Crippen LogP contribution in [0.4, 0.5) is 4.39 Å². The molecule has 0 aliphatic carbocycles. The van der Waals surface area contributed by atoms with Crippen molar-refractivity contribution in [2.75, 3.05) is 0 Å². The van der Waals surface area contributed by atoms with Crippen molar-refractivity contribution in [2.24, 2.45) is 10.7 Å². The van der Waals surface area contributed by atoms with Gasteiger partial charge < -0.3 is 10.5 Å². The second-order valence-corrected chi connectivity index (χ2v) is 5.90. The molecule has 0 radical (unpaired) electrons. The van der Waals surface area contributed by atoms with Crippen molar-refractivity contribution in [1.29, 1.82) is 0 Å². The van der Waals surface area contributed by atoms with E-state index >= 15 is 0 Å². The summed E-state index contributed by atoms with van der Waals surface area (Å²) in [6, 6.07) is 11.8. The van der Waals surface area contributed by atoms with Gasteiger partial charge in [-0.1, -0.05) is 18.2 Å². The van der Waals surface area contributed by atoms with Crippen LogP contribution >= 0.6 is 11.8 Å². The first-order valence-corrected chi connectivity index (χ1v) is 7.69. The number of nitrogens with zero attached hydrogens (tertiary/aromatic N) is 1. The highest BCUT2D eigenvalue weighted by Gasteiger charge is 2.19. The van der Waals surface area contributed by atoms with E-state index in [1.165, 1.54) is 18.2 Å². The number of amidine groups is 1. The third-order valence-corrected chi connectivity index (χ3v) is 3.88. The minimum Gasteiger partial charge on any atom is -0.423 e. The van der Waals surface area contributed by atoms with Gasteiger partial charge in [0.15, 0.2) is 5.17 Å². The molecule has 7 heteroatoms. The molecule has 1 aliphatic heterocycles. The van der Waals surface area contributed by atoms with Crippen LogP contribution in [0.2, 0.25) is 0 Å². The van der Waals surface area contributed by atoms with Crippen LogP contribution in [0.3, 0.4) is 0 Å². The molecule has 1 amide bonds. The third kappa shape index (κ3) is 3.69. The summed E-state index contributed by atoms with van der Waals surface area (Å²) in [5, 5.41) is 0.194. The number of ether oxygens (including phenoxy) is 1. The van der Waals surface area contributed by atoms with Gasteiger partial charge in [0.25, 0.3) is 5.91 Å². The second-order valence-electron chi connectivity index (χ2n) is 4.84. The molecule has 2 aromatic rings. The minimum absolute atomic E-state index is 0.112. The highest BCUT2D eigenvalue weighted by atomic mass is 32.2. The zero-order valence-electron chi connectivity index (χ0n) is 12.2. The summed E-state index contributed by atoms with van der Waals surface area (Å²) in [5.74, 6) is -1.31. The molecule has 1 heterocycles. The molecular formula is C17H11FN2O3S. The number of nitrogens with two attached hydrogens (primary N) is 1. The van der Waals surface area contributed by atoms with Gasteiger partial charge in [-0.05, 0) is 53.7 Å². The maximum Gasteiger partial charge on any atom is 0.343 e. The van der Waals surface area contributed by atoms with Crippen LogP contribution in [-0.2, 0) is 4.79 Å². The van der Waals surface area contributed by atoms with E-state index in [0.29, 0.717) is 10.5 Å². The Morgan fingerprint density at radius 3 is 2.71 bits per heavy atom. The van der Waals surface area contributed by atoms with Crippen LogP contribution in [-0.4, -0.2) is 17.0 Å². The number of carbonyl (C=O) groups excluding carboxylic acids is 2. The Kier molecular flexibility index (Phi) is 4.43. The molecule has 0 bridgehead atoms. The van der Waals surface area contributed by atoms with Gasteiger partial charge in [-0.15, -0.1) is 0 Å². The predicted octanol–water partition coefficient (Wildman–Crippen LogP) is 2.97. The molecule has 0 unspecified atom stereocenters. The van der Waals surface area contributed by atoms with Crippen molar-refractivity contribution >= 4 is 34.9 Å². The first-order valence-electron chi connectivity index (χ1n) is 6.87. The van der Waals surface area contributed by atoms with E-state index < -0.39 is 17.7 Å². The number of amides is 1. The first kappa shape index (κ1) is 15.9. The zero-order valence-corrected chi connectivity index (χ0v) is 13.0. The van der Waals surface area contributed by atoms with E-state index in [1.807, 2.05) is 0 Å². The molecule has 0 fully saturated rings. The molecular weight excluding hydrogens is 331 g/mol. The number of hydrogen-bond acceptors (Lipinski definition) is 5. The van der Waals surface area contributed by atoms with E-state index in [2.05, 4.69) is 4.99 Å². The maximum atomic E-state index is 13.2. The molecule has 2 N–H and O–H groups in total. The molecule has 2 aromatic carbocycles. The Morgan fingerprint density at radius 1 is 1.21 bits per heavy atom. The second kappa shape index (κ2) is 6.67. The minimum atomic E-state index is -0.668. The first-order chi connectivity index (χ1) is 11.5. The fourth-order valence-corrected chi connectivity index (χ4v) is 2.71. The normalized spacial score (nSPS) is 15.5. The van der Waals surface area contributed by atoms with E-state index in [9.17, 15) is 14.0 Å². The molecule has 0 saturated heterocycles. The topological polar surface area (TPSA) is 81.8 Å². The Morgan fingerprint density at radius 2 is 2.00 bits per heavy atom. The molecule has 24 heavy (non-hydrogen) atoms. The zero-order chi connectivity index (χ0) is 17.1. The Labute approximate surface area is 141 Å². The average molecular weight is 342 g/mol. The van der Waals surface area contributed by atoms with E-state index in [-0.39, 0.29) is 16.5 Å². The monoisotopic (exact) mass is 342 g/mol. The molecule has 3 rings (SSSR count). The van der Waals surface area contributed by atoms with Crippen LogP contribution in [0.5, 0.6) is 5.75 Å². The van der Waals surface area contributed by atoms with Gasteiger partial charge in [0.2, 0.25) is 0 Å². The van der Waals surface area contributed by atoms with E-state index in [1.54, 1.807) is 30.3 Å². The lowest BCUT2D eigenvalue weighted by atomic mass is 10.2. The Bertz CT molecular complexity index is 893. The summed E-state index contributed by atoms with van der Waals surface area (Å²) in [7, 11) is 0. The number of benzene rings is 2. The summed E-state index contributed by atoms with van der Waals surface area (Å²) in [6.45, 7) is 0. The molecule has 5 nitrogen and oxygen atoms in total.